The molecule has 0 unspecified atom stereocenters. The van der Waals surface area contributed by atoms with Gasteiger partial charge in [0.2, 0.25) is 10.0 Å². The van der Waals surface area contributed by atoms with Gasteiger partial charge in [0, 0.05) is 31.4 Å². The summed E-state index contributed by atoms with van der Waals surface area (Å²) in [6.45, 7) is 0.608. The van der Waals surface area contributed by atoms with E-state index in [1.807, 2.05) is 12.1 Å². The number of hydrogen-bond donors (Lipinski definition) is 0. The zero-order chi connectivity index (χ0) is 15.6. The van der Waals surface area contributed by atoms with Crippen molar-refractivity contribution in [1.29, 1.82) is 0 Å². The molecule has 2 aromatic heterocycles. The van der Waals surface area contributed by atoms with Crippen LogP contribution in [0.4, 0.5) is 0 Å². The fourth-order valence-electron chi connectivity index (χ4n) is 2.79. The van der Waals surface area contributed by atoms with Gasteiger partial charge in [-0.2, -0.15) is 9.29 Å². The lowest BCUT2D eigenvalue weighted by Gasteiger charge is -2.21. The molecule has 0 N–H and O–H groups in total. The summed E-state index contributed by atoms with van der Waals surface area (Å²) in [5, 5.41) is 3.96. The Morgan fingerprint density at radius 1 is 1.45 bits per heavy atom. The number of sulfonamides is 1. The van der Waals surface area contributed by atoms with E-state index in [4.69, 9.17) is 4.52 Å². The van der Waals surface area contributed by atoms with E-state index in [2.05, 4.69) is 15.1 Å². The highest BCUT2D eigenvalue weighted by atomic mass is 32.2. The highest BCUT2D eigenvalue weighted by molar-refractivity contribution is 7.88. The van der Waals surface area contributed by atoms with E-state index in [0.717, 1.165) is 18.4 Å². The normalized spacial score (nSPS) is 19.6. The quantitative estimate of drug-likeness (QED) is 0.828. The summed E-state index contributed by atoms with van der Waals surface area (Å²) < 4.78 is 30.2. The third-order valence-electron chi connectivity index (χ3n) is 3.83. The first-order valence-electron chi connectivity index (χ1n) is 7.24. The molecule has 3 rings (SSSR count). The Kier molecular flexibility index (Phi) is 4.21. The van der Waals surface area contributed by atoms with Crippen LogP contribution in [-0.4, -0.2) is 46.7 Å². The fraction of sp³-hybridized carbons (Fsp3) is 0.500. The predicted molar refractivity (Wildman–Crippen MR) is 80.4 cm³/mol. The molecule has 7 nitrogen and oxygen atoms in total. The van der Waals surface area contributed by atoms with E-state index in [1.165, 1.54) is 6.26 Å². The van der Waals surface area contributed by atoms with Crippen LogP contribution in [0.3, 0.4) is 0 Å². The van der Waals surface area contributed by atoms with Gasteiger partial charge < -0.3 is 4.52 Å². The van der Waals surface area contributed by atoms with Gasteiger partial charge in [0.15, 0.2) is 5.82 Å². The van der Waals surface area contributed by atoms with E-state index >= 15 is 0 Å². The Morgan fingerprint density at radius 2 is 2.32 bits per heavy atom. The molecule has 2 aromatic rings. The van der Waals surface area contributed by atoms with Gasteiger partial charge in [0.25, 0.3) is 5.89 Å². The molecule has 8 heteroatoms. The van der Waals surface area contributed by atoms with Gasteiger partial charge in [-0.05, 0) is 31.4 Å². The van der Waals surface area contributed by atoms with E-state index in [9.17, 15) is 8.42 Å². The van der Waals surface area contributed by atoms with Gasteiger partial charge in [-0.25, -0.2) is 8.42 Å². The minimum absolute atomic E-state index is 0.0374. The van der Waals surface area contributed by atoms with Crippen LogP contribution < -0.4 is 0 Å². The summed E-state index contributed by atoms with van der Waals surface area (Å²) in [6.07, 6.45) is 7.71. The number of aromatic nitrogens is 3. The van der Waals surface area contributed by atoms with Gasteiger partial charge in [-0.3, -0.25) is 4.98 Å². The molecule has 1 aliphatic rings. The number of aryl methyl sites for hydroxylation is 1. The van der Waals surface area contributed by atoms with Crippen molar-refractivity contribution in [2.45, 2.75) is 31.7 Å². The first kappa shape index (κ1) is 15.1. The van der Waals surface area contributed by atoms with Gasteiger partial charge in [-0.15, -0.1) is 0 Å². The lowest BCUT2D eigenvalue weighted by Crippen LogP contribution is -2.34. The van der Waals surface area contributed by atoms with E-state index in [1.54, 1.807) is 16.7 Å². The van der Waals surface area contributed by atoms with Crippen LogP contribution in [0.2, 0.25) is 0 Å². The molecular formula is C14H18N4O3S. The summed E-state index contributed by atoms with van der Waals surface area (Å²) in [5.41, 5.74) is 0.778. The van der Waals surface area contributed by atoms with Crippen LogP contribution in [0, 0.1) is 0 Å². The zero-order valence-corrected chi connectivity index (χ0v) is 13.2. The standard InChI is InChI=1S/C14H18N4O3S/c1-22(19,20)18-9-3-5-12(18)6-7-13-16-14(21-17-13)11-4-2-8-15-10-11/h2,4,8,10,12H,3,5-7,9H2,1H3/t12-/m1/s1. The van der Waals surface area contributed by atoms with Gasteiger partial charge in [0.05, 0.1) is 11.8 Å². The molecule has 0 aromatic carbocycles. The molecule has 0 amide bonds. The molecule has 0 saturated carbocycles. The Hall–Kier alpha value is -1.80. The molecule has 0 aliphatic carbocycles. The van der Waals surface area contributed by atoms with Crippen molar-refractivity contribution >= 4 is 10.0 Å². The second kappa shape index (κ2) is 6.13. The Labute approximate surface area is 129 Å². The van der Waals surface area contributed by atoms with Crippen LogP contribution in [0.1, 0.15) is 25.1 Å². The van der Waals surface area contributed by atoms with E-state index in [-0.39, 0.29) is 6.04 Å². The SMILES string of the molecule is CS(=O)(=O)N1CCC[C@@H]1CCc1noc(-c2cccnc2)n1. The maximum atomic E-state index is 11.7. The summed E-state index contributed by atoms with van der Waals surface area (Å²) in [7, 11) is -3.13. The van der Waals surface area contributed by atoms with Crippen molar-refractivity contribution in [3.05, 3.63) is 30.4 Å². The Morgan fingerprint density at radius 3 is 3.05 bits per heavy atom. The van der Waals surface area contributed by atoms with E-state index < -0.39 is 10.0 Å². The van der Waals surface area contributed by atoms with Crippen LogP contribution in [0.15, 0.2) is 29.0 Å². The van der Waals surface area contributed by atoms with Crippen LogP contribution in [-0.2, 0) is 16.4 Å². The minimum atomic E-state index is -3.13. The summed E-state index contributed by atoms with van der Waals surface area (Å²) in [5.74, 6) is 1.04. The summed E-state index contributed by atoms with van der Waals surface area (Å²) >= 11 is 0. The molecule has 1 saturated heterocycles. The molecule has 118 valence electrons. The molecule has 3 heterocycles. The highest BCUT2D eigenvalue weighted by Crippen LogP contribution is 2.24. The third kappa shape index (κ3) is 3.33. The first-order chi connectivity index (χ1) is 10.5. The monoisotopic (exact) mass is 322 g/mol. The lowest BCUT2D eigenvalue weighted by atomic mass is 10.1. The molecular weight excluding hydrogens is 304 g/mol. The van der Waals surface area contributed by atoms with E-state index in [0.29, 0.717) is 31.1 Å². The molecule has 22 heavy (non-hydrogen) atoms. The largest absolute Gasteiger partial charge is 0.334 e. The second-order valence-electron chi connectivity index (χ2n) is 5.47. The number of hydrogen-bond acceptors (Lipinski definition) is 6. The van der Waals surface area contributed by atoms with Gasteiger partial charge in [-0.1, -0.05) is 5.16 Å². The molecule has 1 fully saturated rings. The maximum absolute atomic E-state index is 11.7. The zero-order valence-electron chi connectivity index (χ0n) is 12.3. The second-order valence-corrected chi connectivity index (χ2v) is 7.40. The van der Waals surface area contributed by atoms with Crippen LogP contribution in [0.25, 0.3) is 11.5 Å². The summed E-state index contributed by atoms with van der Waals surface area (Å²) in [4.78, 5) is 8.36. The predicted octanol–water partition coefficient (Wildman–Crippen LogP) is 1.49. The van der Waals surface area contributed by atoms with Crippen LogP contribution in [0.5, 0.6) is 0 Å². The first-order valence-corrected chi connectivity index (χ1v) is 9.08. The van der Waals surface area contributed by atoms with Gasteiger partial charge >= 0.3 is 0 Å². The highest BCUT2D eigenvalue weighted by Gasteiger charge is 2.31. The molecule has 1 aliphatic heterocycles. The van der Waals surface area contributed by atoms with Crippen molar-refractivity contribution in [3.63, 3.8) is 0 Å². The number of nitrogens with zero attached hydrogens (tertiary/aromatic N) is 4. The lowest BCUT2D eigenvalue weighted by molar-refractivity contribution is 0.367. The molecule has 1 atom stereocenters. The molecule has 0 radical (unpaired) electrons. The van der Waals surface area contributed by atoms with Crippen molar-refractivity contribution in [1.82, 2.24) is 19.4 Å². The smallest absolute Gasteiger partial charge is 0.259 e. The van der Waals surface area contributed by atoms with Crippen molar-refractivity contribution < 1.29 is 12.9 Å². The molecule has 0 bridgehead atoms. The maximum Gasteiger partial charge on any atom is 0.259 e. The Balaban J connectivity index is 1.64. The average molecular weight is 322 g/mol. The average Bonchev–Trinajstić information content (AvgIpc) is 3.15. The minimum Gasteiger partial charge on any atom is -0.334 e. The van der Waals surface area contributed by atoms with Crippen molar-refractivity contribution in [2.24, 2.45) is 0 Å². The summed E-state index contributed by atoms with van der Waals surface area (Å²) in [6, 6.07) is 3.70. The number of pyridine rings is 1. The Bertz CT molecular complexity index is 730. The fourth-order valence-corrected chi connectivity index (χ4v) is 4.01. The van der Waals surface area contributed by atoms with Crippen molar-refractivity contribution in [2.75, 3.05) is 12.8 Å². The third-order valence-corrected chi connectivity index (χ3v) is 5.16. The molecule has 0 spiro atoms. The van der Waals surface area contributed by atoms with Crippen molar-refractivity contribution in [3.8, 4) is 11.5 Å². The topological polar surface area (TPSA) is 89.2 Å². The number of rotatable bonds is 5. The van der Waals surface area contributed by atoms with Gasteiger partial charge in [0.1, 0.15) is 0 Å². The van der Waals surface area contributed by atoms with Crippen LogP contribution >= 0.6 is 0 Å².